The maximum Gasteiger partial charge on any atom is 0.348 e. The van der Waals surface area contributed by atoms with Crippen LogP contribution >= 0.6 is 11.6 Å². The number of ether oxygens (including phenoxy) is 2. The molecule has 2 aromatic heterocycles. The topological polar surface area (TPSA) is 237 Å². The summed E-state index contributed by atoms with van der Waals surface area (Å²) in [5.74, 6) is -3.88. The number of nitrogens with two attached hydrogens (primary N) is 1. The second-order valence-corrected chi connectivity index (χ2v) is 10.9. The van der Waals surface area contributed by atoms with Crippen molar-refractivity contribution in [2.75, 3.05) is 18.6 Å². The van der Waals surface area contributed by atoms with Crippen molar-refractivity contribution in [3.8, 4) is 0 Å². The third-order valence-electron chi connectivity index (χ3n) is 6.03. The van der Waals surface area contributed by atoms with Gasteiger partial charge >= 0.3 is 11.9 Å². The molecule has 0 saturated carbocycles. The van der Waals surface area contributed by atoms with E-state index in [0.717, 1.165) is 6.26 Å². The van der Waals surface area contributed by atoms with E-state index in [1.54, 1.807) is 0 Å². The summed E-state index contributed by atoms with van der Waals surface area (Å²) in [6.07, 6.45) is -4.75. The average Bonchev–Trinajstić information content (AvgIpc) is 3.37. The number of anilines is 1. The Morgan fingerprint density at radius 1 is 1.18 bits per heavy atom. The van der Waals surface area contributed by atoms with Gasteiger partial charge in [-0.2, -0.15) is 9.97 Å². The van der Waals surface area contributed by atoms with Crippen molar-refractivity contribution in [1.29, 1.82) is 0 Å². The molecule has 1 fully saturated rings. The number of benzene rings is 1. The lowest BCUT2D eigenvalue weighted by atomic mass is 9.94. The fourth-order valence-corrected chi connectivity index (χ4v) is 5.23. The molecular weight excluding hydrogens is 550 g/mol. The molecule has 4 rings (SSSR count). The summed E-state index contributed by atoms with van der Waals surface area (Å²) in [6.45, 7) is -0.807. The monoisotopic (exact) mass is 571 g/mol. The third-order valence-corrected chi connectivity index (χ3v) is 7.40. The number of carboxylic acid groups (broad SMARTS) is 2. The number of hydrogen-bond donors (Lipinski definition) is 5. The molecular formula is C21H22ClN5O10S. The summed E-state index contributed by atoms with van der Waals surface area (Å²) in [5, 5.41) is 40.7. The zero-order valence-corrected chi connectivity index (χ0v) is 21.1. The van der Waals surface area contributed by atoms with Gasteiger partial charge in [0.1, 0.15) is 23.8 Å². The zero-order valence-electron chi connectivity index (χ0n) is 19.5. The van der Waals surface area contributed by atoms with E-state index in [2.05, 4.69) is 15.0 Å². The van der Waals surface area contributed by atoms with Crippen molar-refractivity contribution in [2.45, 2.75) is 41.5 Å². The minimum absolute atomic E-state index is 0.0475. The highest BCUT2D eigenvalue weighted by atomic mass is 35.5. The van der Waals surface area contributed by atoms with Gasteiger partial charge in [-0.1, -0.05) is 18.2 Å². The fourth-order valence-electron chi connectivity index (χ4n) is 4.12. The Morgan fingerprint density at radius 2 is 1.84 bits per heavy atom. The van der Waals surface area contributed by atoms with Crippen LogP contribution in [0.4, 0.5) is 5.82 Å². The molecule has 1 aromatic carbocycles. The van der Waals surface area contributed by atoms with Crippen LogP contribution in [0.1, 0.15) is 11.8 Å². The van der Waals surface area contributed by atoms with Crippen molar-refractivity contribution in [1.82, 2.24) is 19.5 Å². The molecule has 0 bridgehead atoms. The first kappa shape index (κ1) is 27.6. The standard InChI is InChI=1S/C21H22ClN5O10S/c1-38(34,35)11-5-3-2-4-9(11)6-21(18(30)31,19(32)33)36-7-10-13(28)14(29)17(37-10)27-8-24-12-15(23)25-20(22)26-16(12)27/h2-5,8,10,13-14,17,28-29H,6-7H2,1H3,(H,30,31)(H,32,33)(H2,23,25,26)/t10-,13-,14-,17-/m1/s1. The highest BCUT2D eigenvalue weighted by molar-refractivity contribution is 7.90. The summed E-state index contributed by atoms with van der Waals surface area (Å²) in [5.41, 5.74) is 2.93. The van der Waals surface area contributed by atoms with Crippen LogP contribution in [0, 0.1) is 0 Å². The summed E-state index contributed by atoms with van der Waals surface area (Å²) < 4.78 is 36.5. The normalized spacial score (nSPS) is 22.1. The van der Waals surface area contributed by atoms with Crippen molar-refractivity contribution < 1.29 is 47.9 Å². The van der Waals surface area contributed by atoms with Gasteiger partial charge in [-0.15, -0.1) is 0 Å². The number of aliphatic hydroxyl groups excluding tert-OH is 2. The lowest BCUT2D eigenvalue weighted by Gasteiger charge is -2.28. The third kappa shape index (κ3) is 4.89. The molecule has 1 saturated heterocycles. The van der Waals surface area contributed by atoms with E-state index in [-0.39, 0.29) is 32.7 Å². The highest BCUT2D eigenvalue weighted by Gasteiger charge is 2.52. The number of fused-ring (bicyclic) bond motifs is 1. The Labute approximate surface area is 219 Å². The quantitative estimate of drug-likeness (QED) is 0.157. The SMILES string of the molecule is CS(=O)(=O)c1ccccc1CC(OC[C@H]1O[C@@H](n2cnc3c(N)nc(Cl)nc32)[C@H](O)[C@@H]1O)(C(=O)O)C(=O)O. The van der Waals surface area contributed by atoms with Gasteiger partial charge in [-0.05, 0) is 23.2 Å². The van der Waals surface area contributed by atoms with E-state index in [1.165, 1.54) is 35.2 Å². The molecule has 6 N–H and O–H groups in total. The van der Waals surface area contributed by atoms with Crippen LogP contribution in [-0.4, -0.2) is 97.1 Å². The van der Waals surface area contributed by atoms with Crippen LogP contribution in [0.5, 0.6) is 0 Å². The number of rotatable bonds is 9. The van der Waals surface area contributed by atoms with Gasteiger partial charge in [-0.25, -0.2) is 23.0 Å². The summed E-state index contributed by atoms with van der Waals surface area (Å²) in [4.78, 5) is 35.9. The van der Waals surface area contributed by atoms with Crippen LogP contribution < -0.4 is 5.73 Å². The number of imidazole rings is 1. The molecule has 3 aromatic rings. The first-order chi connectivity index (χ1) is 17.8. The molecule has 0 radical (unpaired) electrons. The van der Waals surface area contributed by atoms with Crippen molar-refractivity contribution >= 4 is 50.4 Å². The number of aromatic nitrogens is 4. The molecule has 1 aliphatic heterocycles. The number of carboxylic acids is 2. The molecule has 4 atom stereocenters. The molecule has 0 unspecified atom stereocenters. The molecule has 17 heteroatoms. The van der Waals surface area contributed by atoms with E-state index in [4.69, 9.17) is 26.8 Å². The molecule has 0 amide bonds. The van der Waals surface area contributed by atoms with E-state index in [1.807, 2.05) is 0 Å². The average molecular weight is 572 g/mol. The summed E-state index contributed by atoms with van der Waals surface area (Å²) in [6, 6.07) is 5.30. The van der Waals surface area contributed by atoms with Crippen LogP contribution in [0.2, 0.25) is 5.28 Å². The number of aliphatic carboxylic acids is 2. The molecule has 1 aliphatic rings. The molecule has 15 nitrogen and oxygen atoms in total. The van der Waals surface area contributed by atoms with Gasteiger partial charge in [0.25, 0.3) is 5.60 Å². The highest BCUT2D eigenvalue weighted by Crippen LogP contribution is 2.34. The lowest BCUT2D eigenvalue weighted by Crippen LogP contribution is -2.53. The van der Waals surface area contributed by atoms with E-state index in [0.29, 0.717) is 0 Å². The fraction of sp³-hybridized carbons (Fsp3) is 0.381. The van der Waals surface area contributed by atoms with Crippen LogP contribution in [0.15, 0.2) is 35.5 Å². The van der Waals surface area contributed by atoms with Crippen molar-refractivity contribution in [3.05, 3.63) is 41.4 Å². The van der Waals surface area contributed by atoms with Crippen LogP contribution in [0.3, 0.4) is 0 Å². The molecule has 0 aliphatic carbocycles. The Hall–Kier alpha value is -3.41. The number of sulfone groups is 1. The largest absolute Gasteiger partial charge is 0.479 e. The number of hydrogen-bond acceptors (Lipinski definition) is 12. The predicted octanol–water partition coefficient (Wildman–Crippen LogP) is -0.748. The maximum absolute atomic E-state index is 12.2. The smallest absolute Gasteiger partial charge is 0.348 e. The number of aliphatic hydroxyl groups is 2. The van der Waals surface area contributed by atoms with Gasteiger partial charge in [-0.3, -0.25) is 4.57 Å². The van der Waals surface area contributed by atoms with Gasteiger partial charge in [0, 0.05) is 12.7 Å². The Morgan fingerprint density at radius 3 is 2.47 bits per heavy atom. The Balaban J connectivity index is 1.62. The Bertz CT molecular complexity index is 1500. The minimum atomic E-state index is -3.84. The molecule has 3 heterocycles. The van der Waals surface area contributed by atoms with Gasteiger partial charge in [0.2, 0.25) is 5.28 Å². The summed E-state index contributed by atoms with van der Waals surface area (Å²) >= 11 is 5.85. The molecule has 38 heavy (non-hydrogen) atoms. The summed E-state index contributed by atoms with van der Waals surface area (Å²) in [7, 11) is -3.84. The second kappa shape index (κ2) is 10.0. The Kier molecular flexibility index (Phi) is 7.30. The van der Waals surface area contributed by atoms with Crippen LogP contribution in [-0.2, 0) is 35.3 Å². The van der Waals surface area contributed by atoms with Gasteiger partial charge in [0.05, 0.1) is 17.8 Å². The number of carbonyl (C=O) groups is 2. The minimum Gasteiger partial charge on any atom is -0.479 e. The number of nitrogens with zero attached hydrogens (tertiary/aromatic N) is 4. The van der Waals surface area contributed by atoms with E-state index >= 15 is 0 Å². The maximum atomic E-state index is 12.2. The second-order valence-electron chi connectivity index (χ2n) is 8.55. The van der Waals surface area contributed by atoms with Crippen molar-refractivity contribution in [3.63, 3.8) is 0 Å². The zero-order chi connectivity index (χ0) is 28.0. The molecule has 0 spiro atoms. The predicted molar refractivity (Wildman–Crippen MR) is 128 cm³/mol. The first-order valence-electron chi connectivity index (χ1n) is 10.8. The first-order valence-corrected chi connectivity index (χ1v) is 13.1. The number of halogens is 1. The lowest BCUT2D eigenvalue weighted by molar-refractivity contribution is -0.190. The van der Waals surface area contributed by atoms with Gasteiger partial charge < -0.3 is 35.6 Å². The molecule has 204 valence electrons. The number of nitrogen functional groups attached to an aromatic ring is 1. The van der Waals surface area contributed by atoms with E-state index < -0.39 is 64.9 Å². The van der Waals surface area contributed by atoms with Crippen molar-refractivity contribution in [2.24, 2.45) is 0 Å². The van der Waals surface area contributed by atoms with Gasteiger partial charge in [0.15, 0.2) is 27.5 Å². The van der Waals surface area contributed by atoms with Crippen LogP contribution in [0.25, 0.3) is 11.2 Å². The van der Waals surface area contributed by atoms with E-state index in [9.17, 15) is 38.4 Å².